The van der Waals surface area contributed by atoms with E-state index >= 15 is 0 Å². The zero-order valence-electron chi connectivity index (χ0n) is 19.7. The van der Waals surface area contributed by atoms with Gasteiger partial charge in [0.2, 0.25) is 0 Å². The summed E-state index contributed by atoms with van der Waals surface area (Å²) < 4.78 is 11.8. The second kappa shape index (κ2) is 13.1. The van der Waals surface area contributed by atoms with E-state index in [0.29, 0.717) is 18.4 Å². The van der Waals surface area contributed by atoms with E-state index in [0.717, 1.165) is 23.8 Å². The fourth-order valence-electron chi connectivity index (χ4n) is 3.55. The Morgan fingerprint density at radius 3 is 2.17 bits per heavy atom. The van der Waals surface area contributed by atoms with Crippen molar-refractivity contribution in [1.29, 1.82) is 0 Å². The highest BCUT2D eigenvalue weighted by molar-refractivity contribution is 7.99. The summed E-state index contributed by atoms with van der Waals surface area (Å²) in [6.45, 7) is 14.1. The molecule has 2 aromatic carbocycles. The Morgan fingerprint density at radius 1 is 0.900 bits per heavy atom. The molecule has 30 heavy (non-hydrogen) atoms. The third-order valence-electron chi connectivity index (χ3n) is 5.70. The fourth-order valence-corrected chi connectivity index (χ4v) is 4.37. The Kier molecular flexibility index (Phi) is 10.8. The largest absolute Gasteiger partial charge is 0.465 e. The van der Waals surface area contributed by atoms with E-state index in [9.17, 15) is 0 Å². The third-order valence-corrected chi connectivity index (χ3v) is 6.80. The first-order valence-electron chi connectivity index (χ1n) is 11.5. The van der Waals surface area contributed by atoms with Gasteiger partial charge in [-0.2, -0.15) is 0 Å². The minimum absolute atomic E-state index is 0.235. The second-order valence-electron chi connectivity index (χ2n) is 8.74. The normalized spacial score (nSPS) is 14.5. The van der Waals surface area contributed by atoms with Crippen LogP contribution in [0.3, 0.4) is 0 Å². The number of ether oxygens (including phenoxy) is 2. The molecule has 0 saturated carbocycles. The van der Waals surface area contributed by atoms with Crippen molar-refractivity contribution in [2.24, 2.45) is 11.8 Å². The summed E-state index contributed by atoms with van der Waals surface area (Å²) >= 11 is 1.88. The van der Waals surface area contributed by atoms with Crippen LogP contribution < -0.4 is 4.74 Å². The number of rotatable bonds is 13. The van der Waals surface area contributed by atoms with Gasteiger partial charge in [-0.1, -0.05) is 63.9 Å². The summed E-state index contributed by atoms with van der Waals surface area (Å²) in [6, 6.07) is 17.3. The summed E-state index contributed by atoms with van der Waals surface area (Å²) in [4.78, 5) is 1.32. The monoisotopic (exact) mass is 428 g/mol. The lowest BCUT2D eigenvalue weighted by atomic mass is 9.81. The first kappa shape index (κ1) is 24.8. The Hall–Kier alpha value is -1.45. The Balaban J connectivity index is 1.72. The van der Waals surface area contributed by atoms with Crippen LogP contribution in [-0.4, -0.2) is 18.6 Å². The van der Waals surface area contributed by atoms with Crippen LogP contribution in [0, 0.1) is 18.8 Å². The summed E-state index contributed by atoms with van der Waals surface area (Å²) in [5.41, 5.74) is 2.72. The molecule has 0 saturated heterocycles. The van der Waals surface area contributed by atoms with Crippen molar-refractivity contribution in [3.8, 4) is 5.75 Å². The van der Waals surface area contributed by atoms with E-state index in [2.05, 4.69) is 83.1 Å². The zero-order chi connectivity index (χ0) is 21.9. The van der Waals surface area contributed by atoms with Crippen LogP contribution in [0.25, 0.3) is 0 Å². The highest BCUT2D eigenvalue weighted by Gasteiger charge is 2.18. The predicted molar refractivity (Wildman–Crippen MR) is 131 cm³/mol. The van der Waals surface area contributed by atoms with Gasteiger partial charge in [0.25, 0.3) is 0 Å². The number of thioether (sulfide) groups is 1. The first-order valence-corrected chi connectivity index (χ1v) is 12.4. The smallest absolute Gasteiger partial charge is 0.196 e. The van der Waals surface area contributed by atoms with Gasteiger partial charge >= 0.3 is 0 Å². The number of benzene rings is 2. The van der Waals surface area contributed by atoms with Gasteiger partial charge in [-0.25, -0.2) is 0 Å². The molecule has 0 aliphatic heterocycles. The standard InChI is InChI=1S/C27H40O2S/c1-7-21(4)19-27(20(2)3)24-11-13-25(14-12-24)29-23(6)28-17-8-18-30-26-15-9-22(5)10-16-26/h9-16,20-21,23,27H,7-8,17-19H2,1-6H3. The van der Waals surface area contributed by atoms with Crippen molar-refractivity contribution in [2.75, 3.05) is 12.4 Å². The Bertz CT molecular complexity index is 709. The molecule has 3 unspecified atom stereocenters. The minimum atomic E-state index is -0.235. The summed E-state index contributed by atoms with van der Waals surface area (Å²) in [5, 5.41) is 0. The molecule has 0 aliphatic carbocycles. The molecule has 0 N–H and O–H groups in total. The van der Waals surface area contributed by atoms with Gasteiger partial charge in [0, 0.05) is 10.6 Å². The lowest BCUT2D eigenvalue weighted by Gasteiger charge is -2.25. The molecule has 3 atom stereocenters. The molecule has 0 fully saturated rings. The van der Waals surface area contributed by atoms with E-state index in [-0.39, 0.29) is 6.29 Å². The first-order chi connectivity index (χ1) is 14.4. The fraction of sp³-hybridized carbons (Fsp3) is 0.556. The molecule has 3 heteroatoms. The van der Waals surface area contributed by atoms with Gasteiger partial charge in [0.15, 0.2) is 6.29 Å². The van der Waals surface area contributed by atoms with Gasteiger partial charge < -0.3 is 9.47 Å². The van der Waals surface area contributed by atoms with E-state index in [4.69, 9.17) is 9.47 Å². The van der Waals surface area contributed by atoms with Crippen molar-refractivity contribution in [3.05, 3.63) is 59.7 Å². The zero-order valence-corrected chi connectivity index (χ0v) is 20.5. The maximum Gasteiger partial charge on any atom is 0.196 e. The van der Waals surface area contributed by atoms with Gasteiger partial charge in [0.05, 0.1) is 6.61 Å². The van der Waals surface area contributed by atoms with Crippen LogP contribution in [0.5, 0.6) is 5.75 Å². The molecule has 0 aliphatic rings. The van der Waals surface area contributed by atoms with Crippen LogP contribution in [0.1, 0.15) is 70.9 Å². The number of aryl methyl sites for hydroxylation is 1. The van der Waals surface area contributed by atoms with Crippen LogP contribution in [0.15, 0.2) is 53.4 Å². The molecule has 166 valence electrons. The van der Waals surface area contributed by atoms with Gasteiger partial charge in [-0.05, 0) is 74.3 Å². The summed E-state index contributed by atoms with van der Waals surface area (Å²) in [7, 11) is 0. The lowest BCUT2D eigenvalue weighted by molar-refractivity contribution is -0.0660. The maximum atomic E-state index is 5.96. The molecule has 0 aromatic heterocycles. The molecular weight excluding hydrogens is 388 g/mol. The molecular formula is C27H40O2S. The molecule has 2 rings (SSSR count). The van der Waals surface area contributed by atoms with Gasteiger partial charge in [-0.3, -0.25) is 0 Å². The van der Waals surface area contributed by atoms with Crippen molar-refractivity contribution >= 4 is 11.8 Å². The molecule has 0 radical (unpaired) electrons. The topological polar surface area (TPSA) is 18.5 Å². The highest BCUT2D eigenvalue weighted by Crippen LogP contribution is 2.33. The number of hydrogen-bond acceptors (Lipinski definition) is 3. The van der Waals surface area contributed by atoms with Gasteiger partial charge in [0.1, 0.15) is 5.75 Å². The average Bonchev–Trinajstić information content (AvgIpc) is 2.73. The summed E-state index contributed by atoms with van der Waals surface area (Å²) in [6.07, 6.45) is 3.26. The molecule has 0 amide bonds. The van der Waals surface area contributed by atoms with E-state index in [1.807, 2.05) is 18.7 Å². The summed E-state index contributed by atoms with van der Waals surface area (Å²) in [5.74, 6) is 3.94. The average molecular weight is 429 g/mol. The van der Waals surface area contributed by atoms with Gasteiger partial charge in [-0.15, -0.1) is 11.8 Å². The minimum Gasteiger partial charge on any atom is -0.465 e. The predicted octanol–water partition coefficient (Wildman–Crippen LogP) is 8.09. The molecule has 0 bridgehead atoms. The molecule has 2 aromatic rings. The van der Waals surface area contributed by atoms with Crippen LogP contribution in [0.2, 0.25) is 0 Å². The number of hydrogen-bond donors (Lipinski definition) is 0. The van der Waals surface area contributed by atoms with Crippen molar-refractivity contribution < 1.29 is 9.47 Å². The molecule has 0 spiro atoms. The Labute approximate surface area is 188 Å². The van der Waals surface area contributed by atoms with Crippen LogP contribution >= 0.6 is 11.8 Å². The third kappa shape index (κ3) is 8.73. The lowest BCUT2D eigenvalue weighted by Crippen LogP contribution is -2.17. The SMILES string of the molecule is CCC(C)CC(c1ccc(OC(C)OCCCSc2ccc(C)cc2)cc1)C(C)C. The maximum absolute atomic E-state index is 5.96. The second-order valence-corrected chi connectivity index (χ2v) is 9.91. The van der Waals surface area contributed by atoms with E-state index in [1.165, 1.54) is 28.9 Å². The quantitative estimate of drug-likeness (QED) is 0.182. The highest BCUT2D eigenvalue weighted by atomic mass is 32.2. The van der Waals surface area contributed by atoms with Crippen molar-refractivity contribution in [3.63, 3.8) is 0 Å². The van der Waals surface area contributed by atoms with Crippen molar-refractivity contribution in [2.45, 2.75) is 77.9 Å². The van der Waals surface area contributed by atoms with E-state index in [1.54, 1.807) is 0 Å². The van der Waals surface area contributed by atoms with Crippen LogP contribution in [-0.2, 0) is 4.74 Å². The van der Waals surface area contributed by atoms with Crippen LogP contribution in [0.4, 0.5) is 0 Å². The Morgan fingerprint density at radius 2 is 1.57 bits per heavy atom. The molecule has 2 nitrogen and oxygen atoms in total. The van der Waals surface area contributed by atoms with E-state index < -0.39 is 0 Å². The molecule has 0 heterocycles. The van der Waals surface area contributed by atoms with Crippen molar-refractivity contribution in [1.82, 2.24) is 0 Å².